The largest absolute Gasteiger partial charge is 0.477 e. The number of carboxylic acids is 1. The minimum absolute atomic E-state index is 0.0668. The number of thiophene rings is 1. The number of carbonyl (C=O) groups excluding carboxylic acids is 1. The highest BCUT2D eigenvalue weighted by Gasteiger charge is 2.18. The van der Waals surface area contributed by atoms with Crippen LogP contribution in [0, 0.1) is 5.92 Å². The summed E-state index contributed by atoms with van der Waals surface area (Å²) in [6.07, 6.45) is 7.62. The van der Waals surface area contributed by atoms with Crippen molar-refractivity contribution in [2.75, 3.05) is 0 Å². The molecule has 26 heavy (non-hydrogen) atoms. The van der Waals surface area contributed by atoms with Crippen LogP contribution in [-0.2, 0) is 9.59 Å². The highest BCUT2D eigenvalue weighted by Crippen LogP contribution is 2.30. The molecule has 0 unspecified atom stereocenters. The van der Waals surface area contributed by atoms with Crippen LogP contribution in [0.2, 0.25) is 0 Å². The van der Waals surface area contributed by atoms with E-state index < -0.39 is 5.97 Å². The summed E-state index contributed by atoms with van der Waals surface area (Å²) in [6, 6.07) is 13.8. The molecular weight excluding hydrogens is 346 g/mol. The van der Waals surface area contributed by atoms with Crippen molar-refractivity contribution in [1.29, 1.82) is 0 Å². The molecule has 0 aliphatic heterocycles. The molecule has 1 aliphatic carbocycles. The van der Waals surface area contributed by atoms with Gasteiger partial charge >= 0.3 is 5.97 Å². The van der Waals surface area contributed by atoms with Crippen molar-refractivity contribution < 1.29 is 14.7 Å². The lowest BCUT2D eigenvalue weighted by atomic mass is 10.0. The second-order valence-electron chi connectivity index (χ2n) is 6.67. The third kappa shape index (κ3) is 5.05. The normalized spacial score (nSPS) is 15.2. The number of aliphatic carboxylic acids is 1. The molecule has 0 saturated heterocycles. The fourth-order valence-electron chi connectivity index (χ4n) is 3.33. The van der Waals surface area contributed by atoms with Crippen LogP contribution in [0.25, 0.3) is 16.5 Å². The zero-order chi connectivity index (χ0) is 18.4. The van der Waals surface area contributed by atoms with Gasteiger partial charge < -0.3 is 10.4 Å². The Kier molecular flexibility index (Phi) is 6.23. The van der Waals surface area contributed by atoms with Crippen molar-refractivity contribution in [2.24, 2.45) is 5.92 Å². The Balaban J connectivity index is 1.64. The highest BCUT2D eigenvalue weighted by atomic mass is 32.1. The van der Waals surface area contributed by atoms with Gasteiger partial charge in [-0.15, -0.1) is 11.3 Å². The first-order valence-corrected chi connectivity index (χ1v) is 9.83. The lowest BCUT2D eigenvalue weighted by Gasteiger charge is -2.09. The van der Waals surface area contributed by atoms with Crippen molar-refractivity contribution in [2.45, 2.75) is 38.5 Å². The van der Waals surface area contributed by atoms with Crippen LogP contribution < -0.4 is 5.32 Å². The van der Waals surface area contributed by atoms with E-state index in [1.807, 2.05) is 42.5 Å². The Labute approximate surface area is 157 Å². The molecule has 1 aliphatic rings. The monoisotopic (exact) mass is 369 g/mol. The van der Waals surface area contributed by atoms with Gasteiger partial charge in [-0.25, -0.2) is 4.79 Å². The van der Waals surface area contributed by atoms with E-state index in [0.29, 0.717) is 12.3 Å². The third-order valence-electron chi connectivity index (χ3n) is 4.73. The van der Waals surface area contributed by atoms with Gasteiger partial charge in [-0.2, -0.15) is 0 Å². The summed E-state index contributed by atoms with van der Waals surface area (Å²) >= 11 is 1.50. The van der Waals surface area contributed by atoms with Crippen molar-refractivity contribution >= 4 is 29.3 Å². The van der Waals surface area contributed by atoms with Crippen molar-refractivity contribution in [3.8, 4) is 10.4 Å². The molecule has 136 valence electrons. The number of hydrogen-bond acceptors (Lipinski definition) is 3. The van der Waals surface area contributed by atoms with Gasteiger partial charge in [-0.3, -0.25) is 4.79 Å². The van der Waals surface area contributed by atoms with Gasteiger partial charge in [0.05, 0.1) is 0 Å². The van der Waals surface area contributed by atoms with Gasteiger partial charge in [-0.1, -0.05) is 56.0 Å². The summed E-state index contributed by atoms with van der Waals surface area (Å²) in [5, 5.41) is 12.0. The molecule has 4 nitrogen and oxygen atoms in total. The second kappa shape index (κ2) is 8.81. The van der Waals surface area contributed by atoms with Crippen LogP contribution in [0.15, 0.2) is 48.2 Å². The summed E-state index contributed by atoms with van der Waals surface area (Å²) in [5.74, 6) is -0.719. The standard InChI is InChI=1S/C21H23NO3S/c23-20(13-10-15-6-4-5-7-15)22-18(21(24)25)14-17-11-12-19(26-17)16-8-2-1-3-9-16/h1-3,8-9,11-12,14-15H,4-7,10,13H2,(H,22,23)(H,24,25). The average molecular weight is 369 g/mol. The van der Waals surface area contributed by atoms with Crippen molar-refractivity contribution in [1.82, 2.24) is 5.32 Å². The number of hydrogen-bond donors (Lipinski definition) is 2. The molecule has 1 amide bonds. The minimum atomic E-state index is -1.12. The predicted molar refractivity (Wildman–Crippen MR) is 105 cm³/mol. The molecule has 5 heteroatoms. The van der Waals surface area contributed by atoms with E-state index in [1.54, 1.807) is 0 Å². The zero-order valence-electron chi connectivity index (χ0n) is 14.6. The van der Waals surface area contributed by atoms with E-state index in [1.165, 1.54) is 43.1 Å². The van der Waals surface area contributed by atoms with E-state index in [4.69, 9.17) is 0 Å². The van der Waals surface area contributed by atoms with Gasteiger partial charge in [0.2, 0.25) is 5.91 Å². The number of carbonyl (C=O) groups is 2. The van der Waals surface area contributed by atoms with E-state index in [0.717, 1.165) is 21.7 Å². The van der Waals surface area contributed by atoms with Crippen LogP contribution in [0.4, 0.5) is 0 Å². The van der Waals surface area contributed by atoms with Crippen LogP contribution in [0.3, 0.4) is 0 Å². The lowest BCUT2D eigenvalue weighted by molar-refractivity contribution is -0.134. The Morgan fingerprint density at radius 2 is 1.85 bits per heavy atom. The van der Waals surface area contributed by atoms with Crippen LogP contribution >= 0.6 is 11.3 Å². The second-order valence-corrected chi connectivity index (χ2v) is 7.78. The van der Waals surface area contributed by atoms with Gasteiger partial charge in [0.15, 0.2) is 0 Å². The Bertz CT molecular complexity index is 789. The van der Waals surface area contributed by atoms with Gasteiger partial charge in [0.25, 0.3) is 0 Å². The van der Waals surface area contributed by atoms with E-state index >= 15 is 0 Å². The SMILES string of the molecule is O=C(CCC1CCCC1)NC(=Cc1ccc(-c2ccccc2)s1)C(=O)O. The molecule has 1 fully saturated rings. The highest BCUT2D eigenvalue weighted by molar-refractivity contribution is 7.16. The molecule has 0 bridgehead atoms. The molecule has 1 aromatic heterocycles. The maximum absolute atomic E-state index is 12.1. The summed E-state index contributed by atoms with van der Waals surface area (Å²) in [7, 11) is 0. The van der Waals surface area contributed by atoms with E-state index in [9.17, 15) is 14.7 Å². The van der Waals surface area contributed by atoms with Crippen LogP contribution in [-0.4, -0.2) is 17.0 Å². The topological polar surface area (TPSA) is 66.4 Å². The first kappa shape index (κ1) is 18.4. The van der Waals surface area contributed by atoms with Crippen LogP contribution in [0.5, 0.6) is 0 Å². The van der Waals surface area contributed by atoms with Gasteiger partial charge in [-0.05, 0) is 36.1 Å². The number of rotatable bonds is 7. The minimum Gasteiger partial charge on any atom is -0.477 e. The molecule has 0 radical (unpaired) electrons. The summed E-state index contributed by atoms with van der Waals surface area (Å²) < 4.78 is 0. The smallest absolute Gasteiger partial charge is 0.352 e. The quantitative estimate of drug-likeness (QED) is 0.680. The fourth-order valence-corrected chi connectivity index (χ4v) is 4.29. The molecule has 2 aromatic rings. The first-order chi connectivity index (χ1) is 12.6. The number of nitrogens with one attached hydrogen (secondary N) is 1. The summed E-state index contributed by atoms with van der Waals surface area (Å²) in [4.78, 5) is 25.5. The van der Waals surface area contributed by atoms with E-state index in [2.05, 4.69) is 5.32 Å². The number of benzene rings is 1. The van der Waals surface area contributed by atoms with Crippen LogP contribution in [0.1, 0.15) is 43.4 Å². The Hall–Kier alpha value is -2.40. The lowest BCUT2D eigenvalue weighted by Crippen LogP contribution is -2.27. The first-order valence-electron chi connectivity index (χ1n) is 9.02. The molecule has 3 rings (SSSR count). The molecule has 1 aromatic carbocycles. The Morgan fingerprint density at radius 3 is 2.54 bits per heavy atom. The molecule has 2 N–H and O–H groups in total. The summed E-state index contributed by atoms with van der Waals surface area (Å²) in [5.41, 5.74) is 1.03. The van der Waals surface area contributed by atoms with E-state index in [-0.39, 0.29) is 11.6 Å². The Morgan fingerprint density at radius 1 is 1.12 bits per heavy atom. The molecule has 1 saturated carbocycles. The third-order valence-corrected chi connectivity index (χ3v) is 5.81. The molecule has 1 heterocycles. The van der Waals surface area contributed by atoms with Gasteiger partial charge in [0, 0.05) is 16.2 Å². The number of carboxylic acid groups (broad SMARTS) is 1. The maximum atomic E-state index is 12.1. The molecule has 0 spiro atoms. The number of amides is 1. The predicted octanol–water partition coefficient (Wildman–Crippen LogP) is 4.93. The maximum Gasteiger partial charge on any atom is 0.352 e. The molecular formula is C21H23NO3S. The fraction of sp³-hybridized carbons (Fsp3) is 0.333. The van der Waals surface area contributed by atoms with Crippen molar-refractivity contribution in [3.05, 3.63) is 53.0 Å². The average Bonchev–Trinajstić information content (AvgIpc) is 3.32. The van der Waals surface area contributed by atoms with Crippen molar-refractivity contribution in [3.63, 3.8) is 0 Å². The summed E-state index contributed by atoms with van der Waals surface area (Å²) in [6.45, 7) is 0. The van der Waals surface area contributed by atoms with Gasteiger partial charge in [0.1, 0.15) is 5.70 Å². The molecule has 0 atom stereocenters. The zero-order valence-corrected chi connectivity index (χ0v) is 15.4.